The summed E-state index contributed by atoms with van der Waals surface area (Å²) in [6.45, 7) is 7.03. The van der Waals surface area contributed by atoms with Gasteiger partial charge in [-0.3, -0.25) is 19.3 Å². The van der Waals surface area contributed by atoms with Crippen LogP contribution >= 0.6 is 0 Å². The van der Waals surface area contributed by atoms with Gasteiger partial charge in [-0.05, 0) is 51.3 Å². The van der Waals surface area contributed by atoms with Crippen LogP contribution in [0.1, 0.15) is 66.3 Å². The molecule has 2 heterocycles. The van der Waals surface area contributed by atoms with Gasteiger partial charge in [0.15, 0.2) is 6.61 Å². The number of aryl methyl sites for hydroxylation is 1. The quantitative estimate of drug-likeness (QED) is 0.305. The summed E-state index contributed by atoms with van der Waals surface area (Å²) in [5.41, 5.74) is 3.13. The molecule has 1 aliphatic rings. The first-order valence-corrected chi connectivity index (χ1v) is 12.7. The molecule has 0 unspecified atom stereocenters. The number of hydrogen-bond acceptors (Lipinski definition) is 6. The number of rotatable bonds is 11. The second-order valence-corrected chi connectivity index (χ2v) is 9.81. The van der Waals surface area contributed by atoms with Gasteiger partial charge >= 0.3 is 5.97 Å². The van der Waals surface area contributed by atoms with E-state index in [4.69, 9.17) is 4.74 Å². The predicted octanol–water partition coefficient (Wildman–Crippen LogP) is 3.54. The molecule has 0 saturated carbocycles. The van der Waals surface area contributed by atoms with E-state index >= 15 is 0 Å². The van der Waals surface area contributed by atoms with E-state index in [1.807, 2.05) is 19.9 Å². The van der Waals surface area contributed by atoms with Crippen LogP contribution < -0.4 is 4.72 Å². The Morgan fingerprint density at radius 1 is 1.12 bits per heavy atom. The number of unbranched alkanes of at least 4 members (excludes halogenated alkanes) is 2. The third kappa shape index (κ3) is 5.90. The lowest BCUT2D eigenvalue weighted by molar-refractivity contribution is -0.142. The van der Waals surface area contributed by atoms with Crippen molar-refractivity contribution in [2.45, 2.75) is 64.3 Å². The van der Waals surface area contributed by atoms with Crippen molar-refractivity contribution in [3.8, 4) is 0 Å². The van der Waals surface area contributed by atoms with Crippen molar-refractivity contribution in [2.75, 3.05) is 13.2 Å². The first-order valence-electron chi connectivity index (χ1n) is 11.3. The first-order chi connectivity index (χ1) is 15.7. The SMILES string of the molecule is CCCn1c(C)cc(C(=O)COC(=O)CCCCCN=C2NS(=O)(=O)c3ccccc32)c1C. The summed E-state index contributed by atoms with van der Waals surface area (Å²) < 4.78 is 33.9. The normalized spacial score (nSPS) is 15.3. The van der Waals surface area contributed by atoms with Crippen molar-refractivity contribution in [1.82, 2.24) is 9.29 Å². The fourth-order valence-corrected chi connectivity index (χ4v) is 5.20. The number of ketones is 1. The molecule has 0 amide bonds. The average molecular weight is 474 g/mol. The number of sulfonamides is 1. The maximum Gasteiger partial charge on any atom is 0.306 e. The number of amidine groups is 1. The topological polar surface area (TPSA) is 107 Å². The van der Waals surface area contributed by atoms with E-state index in [0.29, 0.717) is 36.3 Å². The molecule has 0 atom stereocenters. The number of hydrogen-bond donors (Lipinski definition) is 1. The lowest BCUT2D eigenvalue weighted by atomic mass is 10.1. The number of esters is 1. The van der Waals surface area contributed by atoms with Gasteiger partial charge in [0.2, 0.25) is 5.78 Å². The lowest BCUT2D eigenvalue weighted by Crippen LogP contribution is -2.22. The molecule has 0 saturated heterocycles. The summed E-state index contributed by atoms with van der Waals surface area (Å²) in [6, 6.07) is 8.59. The highest BCUT2D eigenvalue weighted by molar-refractivity contribution is 7.90. The van der Waals surface area contributed by atoms with E-state index in [0.717, 1.165) is 30.8 Å². The van der Waals surface area contributed by atoms with E-state index < -0.39 is 16.0 Å². The standard InChI is InChI=1S/C24H31N3O5S/c1-4-14-27-17(2)15-20(18(27)3)21(28)16-32-23(29)12-6-5-9-13-25-24-19-10-7-8-11-22(19)33(30,31)26-24/h7-8,10-11,15H,4-6,9,12-14,16H2,1-3H3,(H,25,26). The van der Waals surface area contributed by atoms with Gasteiger partial charge in [0, 0.05) is 42.0 Å². The minimum Gasteiger partial charge on any atom is -0.457 e. The van der Waals surface area contributed by atoms with Crippen molar-refractivity contribution in [3.05, 3.63) is 52.8 Å². The zero-order chi connectivity index (χ0) is 24.0. The molecule has 1 aromatic carbocycles. The highest BCUT2D eigenvalue weighted by Gasteiger charge is 2.29. The number of benzene rings is 1. The summed E-state index contributed by atoms with van der Waals surface area (Å²) >= 11 is 0. The van der Waals surface area contributed by atoms with Crippen LogP contribution in [0.4, 0.5) is 0 Å². The van der Waals surface area contributed by atoms with Crippen LogP contribution in [0.3, 0.4) is 0 Å². The average Bonchev–Trinajstić information content (AvgIpc) is 3.22. The molecule has 2 aromatic rings. The Bertz CT molecular complexity index is 1160. The summed E-state index contributed by atoms with van der Waals surface area (Å²) in [4.78, 5) is 29.1. The zero-order valence-electron chi connectivity index (χ0n) is 19.4. The van der Waals surface area contributed by atoms with Gasteiger partial charge in [0.1, 0.15) is 5.84 Å². The minimum absolute atomic E-state index is 0.186. The molecule has 178 valence electrons. The number of aliphatic imine (C=N–C) groups is 1. The third-order valence-electron chi connectivity index (χ3n) is 5.66. The summed E-state index contributed by atoms with van der Waals surface area (Å²) in [7, 11) is -3.52. The molecule has 0 spiro atoms. The van der Waals surface area contributed by atoms with Crippen LogP contribution in [-0.2, 0) is 26.1 Å². The van der Waals surface area contributed by atoms with Gasteiger partial charge in [0.05, 0.1) is 4.90 Å². The van der Waals surface area contributed by atoms with E-state index in [-0.39, 0.29) is 23.7 Å². The van der Waals surface area contributed by atoms with E-state index in [1.165, 1.54) is 0 Å². The van der Waals surface area contributed by atoms with Crippen LogP contribution in [0, 0.1) is 13.8 Å². The maximum atomic E-state index is 12.5. The molecule has 33 heavy (non-hydrogen) atoms. The predicted molar refractivity (Wildman–Crippen MR) is 126 cm³/mol. The lowest BCUT2D eigenvalue weighted by Gasteiger charge is -2.08. The molecule has 8 nitrogen and oxygen atoms in total. The van der Waals surface area contributed by atoms with Gasteiger partial charge in [0.25, 0.3) is 10.0 Å². The Morgan fingerprint density at radius 3 is 2.64 bits per heavy atom. The van der Waals surface area contributed by atoms with Crippen molar-refractivity contribution >= 4 is 27.6 Å². The van der Waals surface area contributed by atoms with Crippen LogP contribution in [0.5, 0.6) is 0 Å². The van der Waals surface area contributed by atoms with Crippen LogP contribution in [0.25, 0.3) is 0 Å². The highest BCUT2D eigenvalue weighted by atomic mass is 32.2. The molecule has 1 aromatic heterocycles. The Morgan fingerprint density at radius 2 is 1.88 bits per heavy atom. The second kappa shape index (κ2) is 10.8. The molecule has 1 aliphatic heterocycles. The zero-order valence-corrected chi connectivity index (χ0v) is 20.2. The number of ether oxygens (including phenoxy) is 1. The number of Topliss-reactive ketones (excluding diaryl/α,β-unsaturated/α-hetero) is 1. The Labute approximate surface area is 195 Å². The molecule has 0 fully saturated rings. The van der Waals surface area contributed by atoms with E-state index in [9.17, 15) is 18.0 Å². The smallest absolute Gasteiger partial charge is 0.306 e. The van der Waals surface area contributed by atoms with Gasteiger partial charge in [-0.15, -0.1) is 0 Å². The Kier molecular flexibility index (Phi) is 8.07. The molecule has 1 N–H and O–H groups in total. The number of carbonyl (C=O) groups is 2. The third-order valence-corrected chi connectivity index (χ3v) is 7.05. The molecule has 9 heteroatoms. The molecular formula is C24H31N3O5S. The van der Waals surface area contributed by atoms with Gasteiger partial charge in [-0.2, -0.15) is 0 Å². The summed E-state index contributed by atoms with van der Waals surface area (Å²) in [5, 5.41) is 0. The number of fused-ring (bicyclic) bond motifs is 1. The fraction of sp³-hybridized carbons (Fsp3) is 0.458. The summed E-state index contributed by atoms with van der Waals surface area (Å²) in [5.74, 6) is -0.217. The van der Waals surface area contributed by atoms with Crippen molar-refractivity contribution in [2.24, 2.45) is 4.99 Å². The number of nitrogens with zero attached hydrogens (tertiary/aromatic N) is 2. The van der Waals surface area contributed by atoms with Crippen LogP contribution in [0.2, 0.25) is 0 Å². The molecule has 0 radical (unpaired) electrons. The van der Waals surface area contributed by atoms with Crippen molar-refractivity contribution in [3.63, 3.8) is 0 Å². The highest BCUT2D eigenvalue weighted by Crippen LogP contribution is 2.22. The number of carbonyl (C=O) groups excluding carboxylic acids is 2. The minimum atomic E-state index is -3.52. The fourth-order valence-electron chi connectivity index (χ4n) is 3.95. The second-order valence-electron chi connectivity index (χ2n) is 8.16. The van der Waals surface area contributed by atoms with E-state index in [1.54, 1.807) is 24.3 Å². The van der Waals surface area contributed by atoms with Gasteiger partial charge in [-0.1, -0.05) is 25.5 Å². The molecule has 0 bridgehead atoms. The molecule has 0 aliphatic carbocycles. The first kappa shape index (κ1) is 24.7. The van der Waals surface area contributed by atoms with Gasteiger partial charge in [-0.25, -0.2) is 8.42 Å². The van der Waals surface area contributed by atoms with Crippen molar-refractivity contribution < 1.29 is 22.7 Å². The number of aromatic nitrogens is 1. The molecule has 3 rings (SSSR count). The Balaban J connectivity index is 1.38. The van der Waals surface area contributed by atoms with Crippen LogP contribution in [-0.4, -0.2) is 43.7 Å². The summed E-state index contributed by atoms with van der Waals surface area (Å²) in [6.07, 6.45) is 3.28. The number of nitrogens with one attached hydrogen (secondary N) is 1. The molecular weight excluding hydrogens is 442 g/mol. The Hall–Kier alpha value is -2.94. The van der Waals surface area contributed by atoms with E-state index in [2.05, 4.69) is 21.2 Å². The van der Waals surface area contributed by atoms with Crippen molar-refractivity contribution in [1.29, 1.82) is 0 Å². The monoisotopic (exact) mass is 473 g/mol. The van der Waals surface area contributed by atoms with Gasteiger partial charge < -0.3 is 9.30 Å². The maximum absolute atomic E-state index is 12.5. The van der Waals surface area contributed by atoms with Crippen LogP contribution in [0.15, 0.2) is 40.2 Å². The largest absolute Gasteiger partial charge is 0.457 e.